The smallest absolute Gasteiger partial charge is 0.129 e. The minimum absolute atomic E-state index is 0. The molecule has 1 N–H and O–H groups in total. The summed E-state index contributed by atoms with van der Waals surface area (Å²) in [6.45, 7) is 11.6. The summed E-state index contributed by atoms with van der Waals surface area (Å²) < 4.78 is 29.0. The van der Waals surface area contributed by atoms with Crippen molar-refractivity contribution in [2.24, 2.45) is 35.5 Å². The van der Waals surface area contributed by atoms with Crippen molar-refractivity contribution in [3.63, 3.8) is 0 Å². The fourth-order valence-electron chi connectivity index (χ4n) is 17.3. The number of phenols is 1. The van der Waals surface area contributed by atoms with E-state index in [0.717, 1.165) is 112 Å². The maximum Gasteiger partial charge on any atom is 0.129 e. The topological polar surface area (TPSA) is 20.2 Å². The van der Waals surface area contributed by atoms with E-state index >= 15 is 0 Å². The SMILES string of the molecule is CC1CCC(C2CC[CH-]CC2)CC1.CC1CCC(c2ccc(-c3ccc(C4CC[CH-]CC4)c(F)c3)cc2)CC1.CC1CCC(c2ccc(-c3ccc(C4CC[CH-]CC4)cc3)cc2)CC1.CC1CCC(c2ccc(O)cc2)CC1.Cc1ccc(-c2ccc(-c3cc[c-]cc3)c(F)c2)cc1.[Y].[Y].[Y].[Y].[Y]. The zero-order valence-electron chi connectivity index (χ0n) is 63.3. The van der Waals surface area contributed by atoms with Gasteiger partial charge in [-0.3, -0.25) is 0 Å². The molecule has 1 nitrogen and oxygen atoms in total. The second kappa shape index (κ2) is 48.0. The van der Waals surface area contributed by atoms with Crippen LogP contribution >= 0.6 is 0 Å². The van der Waals surface area contributed by atoms with Gasteiger partial charge in [0.05, 0.1) is 0 Å². The van der Waals surface area contributed by atoms with Gasteiger partial charge in [-0.05, 0) is 214 Å². The van der Waals surface area contributed by atoms with Crippen molar-refractivity contribution in [3.05, 3.63) is 252 Å². The maximum atomic E-state index is 14.7. The van der Waals surface area contributed by atoms with Crippen LogP contribution in [0, 0.1) is 79.4 Å². The van der Waals surface area contributed by atoms with Gasteiger partial charge in [0, 0.05) is 164 Å². The van der Waals surface area contributed by atoms with E-state index < -0.39 is 0 Å². The molecule has 7 aliphatic carbocycles. The molecule has 15 rings (SSSR count). The van der Waals surface area contributed by atoms with Crippen molar-refractivity contribution in [1.82, 2.24) is 0 Å². The maximum absolute atomic E-state index is 14.7. The van der Waals surface area contributed by atoms with Crippen LogP contribution < -0.4 is 0 Å². The van der Waals surface area contributed by atoms with Gasteiger partial charge >= 0.3 is 0 Å². The third-order valence-corrected chi connectivity index (χ3v) is 24.1. The van der Waals surface area contributed by atoms with Crippen LogP contribution in [0.3, 0.4) is 0 Å². The van der Waals surface area contributed by atoms with Crippen LogP contribution in [-0.4, -0.2) is 5.11 Å². The van der Waals surface area contributed by atoms with Gasteiger partial charge in [-0.25, -0.2) is 8.78 Å². The third kappa shape index (κ3) is 28.3. The predicted octanol–water partition coefficient (Wildman–Crippen LogP) is 28.3. The Kier molecular flexibility index (Phi) is 42.3. The number of halogens is 2. The summed E-state index contributed by atoms with van der Waals surface area (Å²) in [5, 5.41) is 9.20. The summed E-state index contributed by atoms with van der Waals surface area (Å²) in [5.74, 6) is 9.47. The van der Waals surface area contributed by atoms with E-state index in [-0.39, 0.29) is 175 Å². The van der Waals surface area contributed by atoms with Crippen LogP contribution in [0.4, 0.5) is 8.78 Å². The molecule has 0 aliphatic heterocycles. The normalized spacial score (nSPS) is 22.8. The molecule has 7 saturated carbocycles. The van der Waals surface area contributed by atoms with Crippen LogP contribution in [0.2, 0.25) is 0 Å². The van der Waals surface area contributed by atoms with Crippen LogP contribution in [0.1, 0.15) is 270 Å². The number of benzene rings is 8. The van der Waals surface area contributed by atoms with Gasteiger partial charge in [-0.1, -0.05) is 257 Å². The van der Waals surface area contributed by atoms with Crippen molar-refractivity contribution in [1.29, 1.82) is 0 Å². The van der Waals surface area contributed by atoms with E-state index in [0.29, 0.717) is 23.1 Å². The molecule has 0 spiro atoms. The minimum Gasteiger partial charge on any atom is -0.508 e. The van der Waals surface area contributed by atoms with Crippen LogP contribution in [0.25, 0.3) is 44.5 Å². The minimum atomic E-state index is -0.200. The molecule has 0 unspecified atom stereocenters. The fraction of sp³-hybridized carbons (Fsp3) is 0.463. The molecule has 0 bridgehead atoms. The Morgan fingerprint density at radius 3 is 0.990 bits per heavy atom. The second-order valence-corrected chi connectivity index (χ2v) is 31.4. The Balaban J connectivity index is 0.000000204. The molecular weight excluding hydrogens is 1640 g/mol. The Hall–Kier alpha value is -1.06. The average Bonchev–Trinajstić information content (AvgIpc) is 0.830. The van der Waals surface area contributed by atoms with Gasteiger partial charge in [-0.2, -0.15) is 68.9 Å². The van der Waals surface area contributed by atoms with Crippen LogP contribution in [0.5, 0.6) is 5.75 Å². The summed E-state index contributed by atoms with van der Waals surface area (Å²) in [5.41, 5.74) is 16.3. The molecule has 8 heteroatoms. The van der Waals surface area contributed by atoms with Gasteiger partial charge < -0.3 is 24.4 Å². The molecule has 0 heterocycles. The van der Waals surface area contributed by atoms with Gasteiger partial charge in [0.15, 0.2) is 0 Å². The van der Waals surface area contributed by atoms with E-state index in [1.807, 2.05) is 61.5 Å². The average molecular weight is 1760 g/mol. The van der Waals surface area contributed by atoms with E-state index in [4.69, 9.17) is 0 Å². The van der Waals surface area contributed by atoms with Gasteiger partial charge in [0.2, 0.25) is 0 Å². The fourth-order valence-corrected chi connectivity index (χ4v) is 17.3. The zero-order valence-corrected chi connectivity index (χ0v) is 77.5. The number of phenolic OH excluding ortho intramolecular Hbond substituents is 1. The monoisotopic (exact) mass is 1760 g/mol. The summed E-state index contributed by atoms with van der Waals surface area (Å²) in [7, 11) is 0. The quantitative estimate of drug-likeness (QED) is 0.135. The zero-order chi connectivity index (χ0) is 68.0. The number of aromatic hydroxyl groups is 1. The molecule has 7 aliphatic rings. The van der Waals surface area contributed by atoms with Crippen molar-refractivity contribution >= 4 is 0 Å². The summed E-state index contributed by atoms with van der Waals surface area (Å²) in [6.07, 6.45) is 44.9. The molecule has 7 fully saturated rings. The number of aryl methyl sites for hydroxylation is 1. The summed E-state index contributed by atoms with van der Waals surface area (Å²) >= 11 is 0. The first-order valence-corrected chi connectivity index (χ1v) is 39.0. The first-order chi connectivity index (χ1) is 47.8. The van der Waals surface area contributed by atoms with Gasteiger partial charge in [0.25, 0.3) is 0 Å². The first kappa shape index (κ1) is 90.8. The second-order valence-electron chi connectivity index (χ2n) is 31.4. The third-order valence-electron chi connectivity index (χ3n) is 24.1. The largest absolute Gasteiger partial charge is 0.508 e. The standard InChI is InChI=1S/C25H30F.C25H31.C19H14F.C13H18O.C13H23.5Y/c1-18-7-9-19(10-8-18)20-11-13-21(14-12-20)23-15-16-24(25(26)17-23)22-5-3-2-4-6-22;1-19-7-9-21(10-8-19)23-15-17-25(18-16-23)24-13-11-22(12-14-24)20-5-3-2-4-6-20;1-14-7-9-15(10-8-14)17-11-12-18(19(20)13-17)16-5-3-2-4-6-16;1-10-2-4-11(5-3-10)12-6-8-13(14)9-7-12;1-11-7-9-13(10-8-11)12-5-3-2-4-6-12;;;;;/h2,11-19,22H,3-10H2,1H3;2,11-21H,3-10H2,1H3;3-13H,1H3;6-11,14H,2-5H2,1H3;2,11-13H,3-10H2,1H3;;;;;/q3*-1;;-1;;;;;. The van der Waals surface area contributed by atoms with Crippen molar-refractivity contribution in [3.8, 4) is 50.3 Å². The van der Waals surface area contributed by atoms with E-state index in [2.05, 4.69) is 144 Å². The van der Waals surface area contributed by atoms with E-state index in [9.17, 15) is 13.9 Å². The Labute approximate surface area is 749 Å². The number of rotatable bonds is 10. The molecule has 0 aromatic heterocycles. The van der Waals surface area contributed by atoms with Crippen LogP contribution in [-0.2, 0) is 164 Å². The molecule has 0 amide bonds. The first-order valence-electron chi connectivity index (χ1n) is 39.0. The van der Waals surface area contributed by atoms with Crippen molar-refractivity contribution in [2.75, 3.05) is 0 Å². The van der Waals surface area contributed by atoms with Gasteiger partial charge in [-0.15, -0.1) is 5.56 Å². The molecule has 535 valence electrons. The van der Waals surface area contributed by atoms with Gasteiger partial charge in [0.1, 0.15) is 17.4 Å². The van der Waals surface area contributed by atoms with Crippen molar-refractivity contribution < 1.29 is 177 Å². The molecule has 103 heavy (non-hydrogen) atoms. The predicted molar refractivity (Wildman–Crippen MR) is 412 cm³/mol. The Morgan fingerprint density at radius 2 is 0.602 bits per heavy atom. The van der Waals surface area contributed by atoms with E-state index in [1.165, 1.54) is 187 Å². The number of hydrogen-bond acceptors (Lipinski definition) is 1. The Bertz CT molecular complexity index is 3580. The molecule has 8 aromatic rings. The molecule has 8 aromatic carbocycles. The molecule has 5 radical (unpaired) electrons. The molecule has 0 atom stereocenters. The molecular formula is C95H116F2OY5-4. The summed E-state index contributed by atoms with van der Waals surface area (Å²) in [6, 6.07) is 65.0. The van der Waals surface area contributed by atoms with Crippen molar-refractivity contribution in [2.45, 2.75) is 244 Å². The number of hydrogen-bond donors (Lipinski definition) is 1. The van der Waals surface area contributed by atoms with Crippen LogP contribution in [0.15, 0.2) is 182 Å². The summed E-state index contributed by atoms with van der Waals surface area (Å²) in [4.78, 5) is 0. The molecule has 0 saturated heterocycles. The Morgan fingerprint density at radius 1 is 0.301 bits per heavy atom. The van der Waals surface area contributed by atoms with E-state index in [1.54, 1.807) is 42.0 Å².